The molecule has 5 atom stereocenters. The molecule has 0 amide bonds. The van der Waals surface area contributed by atoms with E-state index in [9.17, 15) is 14.7 Å². The Kier molecular flexibility index (Phi) is 8.08. The maximum atomic E-state index is 12.8. The number of aromatic hydroxyl groups is 1. The molecule has 1 heterocycles. The lowest BCUT2D eigenvalue weighted by Crippen LogP contribution is -2.57. The third kappa shape index (κ3) is 5.15. The molecule has 35 heavy (non-hydrogen) atoms. The molecule has 1 aromatic rings. The van der Waals surface area contributed by atoms with E-state index in [1.807, 2.05) is 6.92 Å². The quantitative estimate of drug-likeness (QED) is 0.334. The van der Waals surface area contributed by atoms with Gasteiger partial charge in [0.2, 0.25) is 0 Å². The molecule has 0 spiro atoms. The minimum atomic E-state index is -0.457. The molecule has 2 saturated carbocycles. The second-order valence-corrected chi connectivity index (χ2v) is 11.6. The van der Waals surface area contributed by atoms with Crippen molar-refractivity contribution >= 4 is 5.97 Å². The molecule has 1 N–H and O–H groups in total. The van der Waals surface area contributed by atoms with Crippen molar-refractivity contribution in [3.8, 4) is 5.75 Å². The number of esters is 1. The first-order valence-electron chi connectivity index (χ1n) is 13.2. The number of carbonyl (C=O) groups is 1. The number of hydrogen-bond donors (Lipinski definition) is 1. The van der Waals surface area contributed by atoms with Crippen molar-refractivity contribution in [3.05, 3.63) is 51.1 Å². The number of allylic oxidation sites excluding steroid dienone is 3. The van der Waals surface area contributed by atoms with Gasteiger partial charge < -0.3 is 14.3 Å². The monoisotopic (exact) mass is 484 g/mol. The van der Waals surface area contributed by atoms with Crippen LogP contribution in [0.2, 0.25) is 0 Å². The Bertz CT molecular complexity index is 1060. The van der Waals surface area contributed by atoms with Crippen LogP contribution in [0.4, 0.5) is 0 Å². The van der Waals surface area contributed by atoms with Crippen LogP contribution < -0.4 is 5.63 Å². The molecule has 194 valence electrons. The number of carbonyl (C=O) groups excluding carboxylic acids is 1. The van der Waals surface area contributed by atoms with E-state index in [4.69, 9.17) is 9.15 Å². The topological polar surface area (TPSA) is 76.7 Å². The van der Waals surface area contributed by atoms with Gasteiger partial charge in [0.05, 0.1) is 5.56 Å². The number of hydrogen-bond acceptors (Lipinski definition) is 5. The number of ether oxygens (including phenoxy) is 1. The Labute approximate surface area is 210 Å². The minimum Gasteiger partial charge on any atom is -0.507 e. The summed E-state index contributed by atoms with van der Waals surface area (Å²) in [4.78, 5) is 25.1. The lowest BCUT2D eigenvalue weighted by atomic mass is 9.45. The van der Waals surface area contributed by atoms with Crippen molar-refractivity contribution in [1.82, 2.24) is 0 Å². The van der Waals surface area contributed by atoms with Crippen molar-refractivity contribution in [3.63, 3.8) is 0 Å². The van der Waals surface area contributed by atoms with Crippen LogP contribution in [0.1, 0.15) is 96.5 Å². The first kappa shape index (κ1) is 27.3. The molecule has 0 aromatic carbocycles. The van der Waals surface area contributed by atoms with Gasteiger partial charge in [-0.2, -0.15) is 0 Å². The highest BCUT2D eigenvalue weighted by atomic mass is 16.5. The van der Waals surface area contributed by atoms with Gasteiger partial charge in [-0.25, -0.2) is 4.79 Å². The molecular weight excluding hydrogens is 440 g/mol. The standard InChI is InChI=1S/C30H44O5/c1-9-26(31)35-25-14-16-29(7)23(17-22-27(32)20(5)21(6)34-28(22)33)19(4)12-13-24(29)30(25,8)15-10-11-18(2)3/h11,23-25,32H,4,9-10,12-17H2,1-3,5-8H3/t23-,24-,25+,29-,30+/m1/s1. The maximum Gasteiger partial charge on any atom is 0.342 e. The summed E-state index contributed by atoms with van der Waals surface area (Å²) in [5.41, 5.74) is 2.63. The summed E-state index contributed by atoms with van der Waals surface area (Å²) < 4.78 is 11.5. The van der Waals surface area contributed by atoms with Gasteiger partial charge in [0.1, 0.15) is 17.6 Å². The van der Waals surface area contributed by atoms with Gasteiger partial charge in [0.15, 0.2) is 0 Å². The Morgan fingerprint density at radius 3 is 2.57 bits per heavy atom. The van der Waals surface area contributed by atoms with Crippen molar-refractivity contribution in [1.29, 1.82) is 0 Å². The fraction of sp³-hybridized carbons (Fsp3) is 0.667. The van der Waals surface area contributed by atoms with Gasteiger partial charge in [-0.05, 0) is 89.9 Å². The van der Waals surface area contributed by atoms with Crippen LogP contribution in [0.15, 0.2) is 33.0 Å². The molecule has 0 bridgehead atoms. The lowest BCUT2D eigenvalue weighted by molar-refractivity contribution is -0.180. The van der Waals surface area contributed by atoms with Crippen LogP contribution in [-0.2, 0) is 16.0 Å². The van der Waals surface area contributed by atoms with Crippen LogP contribution in [0.3, 0.4) is 0 Å². The summed E-state index contributed by atoms with van der Waals surface area (Å²) in [6.07, 6.45) is 8.38. The molecule has 0 unspecified atom stereocenters. The van der Waals surface area contributed by atoms with Gasteiger partial charge in [-0.1, -0.05) is 44.6 Å². The average Bonchev–Trinajstić information content (AvgIpc) is 2.78. The Hall–Kier alpha value is -2.30. The van der Waals surface area contributed by atoms with Crippen LogP contribution in [0.25, 0.3) is 0 Å². The van der Waals surface area contributed by atoms with Gasteiger partial charge in [0.25, 0.3) is 0 Å². The molecule has 3 rings (SSSR count). The molecule has 2 aliphatic rings. The fourth-order valence-electron chi connectivity index (χ4n) is 6.94. The molecule has 5 nitrogen and oxygen atoms in total. The molecule has 2 fully saturated rings. The van der Waals surface area contributed by atoms with E-state index >= 15 is 0 Å². The third-order valence-electron chi connectivity index (χ3n) is 9.18. The summed E-state index contributed by atoms with van der Waals surface area (Å²) in [6.45, 7) is 18.6. The SMILES string of the molecule is C=C1CC[C@H]2[C@](C)(CCC=C(C)C)[C@@H](OC(=O)CC)CC[C@]2(C)[C@@H]1Cc1c(O)c(C)c(C)oc1=O. The van der Waals surface area contributed by atoms with E-state index in [0.29, 0.717) is 35.6 Å². The highest BCUT2D eigenvalue weighted by molar-refractivity contribution is 5.69. The first-order chi connectivity index (χ1) is 16.3. The molecular formula is C30H44O5. The van der Waals surface area contributed by atoms with Crippen molar-refractivity contribution < 1.29 is 19.1 Å². The fourth-order valence-corrected chi connectivity index (χ4v) is 6.94. The van der Waals surface area contributed by atoms with Crippen molar-refractivity contribution in [2.45, 2.75) is 106 Å². The van der Waals surface area contributed by atoms with E-state index < -0.39 is 5.63 Å². The van der Waals surface area contributed by atoms with E-state index in [0.717, 1.165) is 44.1 Å². The smallest absolute Gasteiger partial charge is 0.342 e. The molecule has 0 saturated heterocycles. The summed E-state index contributed by atoms with van der Waals surface area (Å²) in [6, 6.07) is 0. The number of rotatable bonds is 7. The van der Waals surface area contributed by atoms with Crippen LogP contribution in [0, 0.1) is 36.5 Å². The predicted molar refractivity (Wildman–Crippen MR) is 139 cm³/mol. The zero-order valence-electron chi connectivity index (χ0n) is 22.8. The second kappa shape index (κ2) is 10.4. The average molecular weight is 485 g/mol. The van der Waals surface area contributed by atoms with E-state index in [1.54, 1.807) is 13.8 Å². The zero-order valence-corrected chi connectivity index (χ0v) is 22.8. The lowest BCUT2D eigenvalue weighted by Gasteiger charge is -2.61. The molecule has 1 aromatic heterocycles. The highest BCUT2D eigenvalue weighted by Crippen LogP contribution is 2.63. The van der Waals surface area contributed by atoms with Gasteiger partial charge >= 0.3 is 11.6 Å². The third-order valence-corrected chi connectivity index (χ3v) is 9.18. The molecule has 0 aliphatic heterocycles. The zero-order chi connectivity index (χ0) is 26.1. The largest absolute Gasteiger partial charge is 0.507 e. The summed E-state index contributed by atoms with van der Waals surface area (Å²) in [7, 11) is 0. The van der Waals surface area contributed by atoms with E-state index in [2.05, 4.69) is 40.3 Å². The Morgan fingerprint density at radius 2 is 1.94 bits per heavy atom. The summed E-state index contributed by atoms with van der Waals surface area (Å²) >= 11 is 0. The number of fused-ring (bicyclic) bond motifs is 1. The van der Waals surface area contributed by atoms with Crippen LogP contribution in [-0.4, -0.2) is 17.2 Å². The molecule has 0 radical (unpaired) electrons. The summed E-state index contributed by atoms with van der Waals surface area (Å²) in [5.74, 6) is 0.714. The van der Waals surface area contributed by atoms with E-state index in [1.165, 1.54) is 5.57 Å². The Morgan fingerprint density at radius 1 is 1.26 bits per heavy atom. The summed E-state index contributed by atoms with van der Waals surface area (Å²) in [5, 5.41) is 10.8. The Balaban J connectivity index is 2.02. The van der Waals surface area contributed by atoms with E-state index in [-0.39, 0.29) is 34.6 Å². The van der Waals surface area contributed by atoms with Crippen LogP contribution in [0.5, 0.6) is 5.75 Å². The highest BCUT2D eigenvalue weighted by Gasteiger charge is 2.58. The molecule has 2 aliphatic carbocycles. The number of aryl methyl sites for hydroxylation is 1. The second-order valence-electron chi connectivity index (χ2n) is 11.6. The normalized spacial score (nSPS) is 30.5. The first-order valence-corrected chi connectivity index (χ1v) is 13.2. The van der Waals surface area contributed by atoms with Crippen molar-refractivity contribution in [2.75, 3.05) is 0 Å². The molecule has 5 heteroatoms. The minimum absolute atomic E-state index is 0.0442. The van der Waals surface area contributed by atoms with Crippen molar-refractivity contribution in [2.24, 2.45) is 22.7 Å². The van der Waals surface area contributed by atoms with Crippen LogP contribution >= 0.6 is 0 Å². The predicted octanol–water partition coefficient (Wildman–Crippen LogP) is 6.96. The maximum absolute atomic E-state index is 12.8. The van der Waals surface area contributed by atoms with Gasteiger partial charge in [0, 0.05) is 17.4 Å². The van der Waals surface area contributed by atoms with Gasteiger partial charge in [-0.3, -0.25) is 4.79 Å². The van der Waals surface area contributed by atoms with Gasteiger partial charge in [-0.15, -0.1) is 0 Å².